The van der Waals surface area contributed by atoms with Crippen LogP contribution in [0.5, 0.6) is 0 Å². The van der Waals surface area contributed by atoms with E-state index in [1.54, 1.807) is 6.07 Å². The van der Waals surface area contributed by atoms with Gasteiger partial charge in [-0.3, -0.25) is 0 Å². The van der Waals surface area contributed by atoms with Crippen LogP contribution < -0.4 is 10.0 Å². The van der Waals surface area contributed by atoms with Crippen molar-refractivity contribution >= 4 is 10.0 Å². The van der Waals surface area contributed by atoms with Crippen LogP contribution in [0.3, 0.4) is 0 Å². The topological polar surface area (TPSA) is 71.3 Å². The molecule has 0 spiro atoms. The summed E-state index contributed by atoms with van der Waals surface area (Å²) in [6.07, 6.45) is 6.56. The molecule has 6 heteroatoms. The molecule has 2 N–H and O–H groups in total. The van der Waals surface area contributed by atoms with Crippen molar-refractivity contribution in [2.24, 2.45) is 5.92 Å². The van der Waals surface area contributed by atoms with Gasteiger partial charge < -0.3 is 9.73 Å². The lowest BCUT2D eigenvalue weighted by Crippen LogP contribution is -2.34. The van der Waals surface area contributed by atoms with E-state index in [2.05, 4.69) is 17.0 Å². The number of hydrogen-bond acceptors (Lipinski definition) is 4. The van der Waals surface area contributed by atoms with Crippen LogP contribution in [0.1, 0.15) is 44.8 Å². The largest absolute Gasteiger partial charge is 0.447 e. The van der Waals surface area contributed by atoms with E-state index in [1.165, 1.54) is 45.2 Å². The molecular weight excluding hydrogens is 276 g/mol. The minimum atomic E-state index is -3.48. The smallest absolute Gasteiger partial charge is 0.273 e. The SMILES string of the molecule is CNS(=O)(=O)c1ccc(CNC(C)C2CCCCC2)o1. The number of nitrogens with one attached hydrogen (secondary N) is 2. The highest BCUT2D eigenvalue weighted by Gasteiger charge is 2.20. The van der Waals surface area contributed by atoms with E-state index in [4.69, 9.17) is 4.42 Å². The molecule has 1 aromatic heterocycles. The van der Waals surface area contributed by atoms with Crippen molar-refractivity contribution in [3.05, 3.63) is 17.9 Å². The quantitative estimate of drug-likeness (QED) is 0.845. The fraction of sp³-hybridized carbons (Fsp3) is 0.714. The fourth-order valence-corrected chi connectivity index (χ4v) is 3.43. The third kappa shape index (κ3) is 3.84. The molecule has 1 saturated carbocycles. The van der Waals surface area contributed by atoms with Crippen LogP contribution in [-0.4, -0.2) is 21.5 Å². The van der Waals surface area contributed by atoms with E-state index in [0.717, 1.165) is 5.92 Å². The summed E-state index contributed by atoms with van der Waals surface area (Å²) in [5.41, 5.74) is 0. The van der Waals surface area contributed by atoms with E-state index in [1.807, 2.05) is 0 Å². The summed E-state index contributed by atoms with van der Waals surface area (Å²) in [4.78, 5) is 0. The summed E-state index contributed by atoms with van der Waals surface area (Å²) in [6, 6.07) is 3.64. The lowest BCUT2D eigenvalue weighted by atomic mass is 9.84. The zero-order chi connectivity index (χ0) is 14.6. The predicted molar refractivity (Wildman–Crippen MR) is 77.8 cm³/mol. The minimum Gasteiger partial charge on any atom is -0.447 e. The van der Waals surface area contributed by atoms with Crippen molar-refractivity contribution < 1.29 is 12.8 Å². The Kier molecular flexibility index (Phi) is 5.23. The molecule has 114 valence electrons. The van der Waals surface area contributed by atoms with Crippen molar-refractivity contribution in [1.29, 1.82) is 0 Å². The molecule has 0 amide bonds. The molecule has 0 saturated heterocycles. The van der Waals surface area contributed by atoms with Crippen LogP contribution in [-0.2, 0) is 16.6 Å². The van der Waals surface area contributed by atoms with E-state index in [0.29, 0.717) is 18.3 Å². The molecule has 1 aliphatic rings. The summed E-state index contributed by atoms with van der Waals surface area (Å²) in [7, 11) is -2.10. The average Bonchev–Trinajstić information content (AvgIpc) is 2.95. The first-order valence-corrected chi connectivity index (χ1v) is 8.77. The van der Waals surface area contributed by atoms with Gasteiger partial charge >= 0.3 is 0 Å². The molecule has 5 nitrogen and oxygen atoms in total. The van der Waals surface area contributed by atoms with Gasteiger partial charge in [-0.1, -0.05) is 19.3 Å². The summed E-state index contributed by atoms with van der Waals surface area (Å²) < 4.78 is 30.8. The van der Waals surface area contributed by atoms with Crippen LogP contribution in [0.25, 0.3) is 0 Å². The standard InChI is InChI=1S/C14H24N2O3S/c1-11(12-6-4-3-5-7-12)16-10-13-8-9-14(19-13)20(17,18)15-2/h8-9,11-12,15-16H,3-7,10H2,1-2H3. The number of rotatable bonds is 6. The van der Waals surface area contributed by atoms with Crippen LogP contribution in [0.15, 0.2) is 21.6 Å². The lowest BCUT2D eigenvalue weighted by Gasteiger charge is -2.28. The zero-order valence-electron chi connectivity index (χ0n) is 12.2. The normalized spacial score (nSPS) is 19.1. The van der Waals surface area contributed by atoms with Gasteiger partial charge in [-0.2, -0.15) is 0 Å². The molecule has 0 bridgehead atoms. The van der Waals surface area contributed by atoms with E-state index >= 15 is 0 Å². The maximum atomic E-state index is 11.6. The fourth-order valence-electron chi connectivity index (χ4n) is 2.76. The molecule has 1 unspecified atom stereocenters. The Morgan fingerprint density at radius 2 is 2.00 bits per heavy atom. The van der Waals surface area contributed by atoms with Gasteiger partial charge in [0, 0.05) is 6.04 Å². The highest BCUT2D eigenvalue weighted by atomic mass is 32.2. The average molecular weight is 300 g/mol. The second-order valence-corrected chi connectivity index (χ2v) is 7.31. The maximum Gasteiger partial charge on any atom is 0.273 e. The van der Waals surface area contributed by atoms with Crippen molar-refractivity contribution in [2.75, 3.05) is 7.05 Å². The summed E-state index contributed by atoms with van der Waals surface area (Å²) in [6.45, 7) is 2.76. The zero-order valence-corrected chi connectivity index (χ0v) is 13.0. The minimum absolute atomic E-state index is 0.0258. The molecule has 1 heterocycles. The van der Waals surface area contributed by atoms with Gasteiger partial charge in [-0.15, -0.1) is 0 Å². The number of furan rings is 1. The highest BCUT2D eigenvalue weighted by molar-refractivity contribution is 7.89. The van der Waals surface area contributed by atoms with Gasteiger partial charge in [0.15, 0.2) is 0 Å². The first-order chi connectivity index (χ1) is 9.53. The monoisotopic (exact) mass is 300 g/mol. The molecular formula is C14H24N2O3S. The van der Waals surface area contributed by atoms with Crippen molar-refractivity contribution in [1.82, 2.24) is 10.0 Å². The van der Waals surface area contributed by atoms with Gasteiger partial charge in [-0.05, 0) is 44.9 Å². The van der Waals surface area contributed by atoms with Crippen LogP contribution in [0.2, 0.25) is 0 Å². The van der Waals surface area contributed by atoms with Crippen molar-refractivity contribution in [2.45, 2.75) is 56.7 Å². The molecule has 2 rings (SSSR count). The van der Waals surface area contributed by atoms with E-state index in [9.17, 15) is 8.42 Å². The maximum absolute atomic E-state index is 11.6. The number of hydrogen-bond donors (Lipinski definition) is 2. The third-order valence-corrected chi connectivity index (χ3v) is 5.41. The Balaban J connectivity index is 1.88. The Labute approximate surface area is 121 Å². The van der Waals surface area contributed by atoms with Crippen LogP contribution >= 0.6 is 0 Å². The molecule has 20 heavy (non-hydrogen) atoms. The summed E-state index contributed by atoms with van der Waals surface area (Å²) in [5, 5.41) is 3.42. The van der Waals surface area contributed by atoms with E-state index < -0.39 is 10.0 Å². The predicted octanol–water partition coefficient (Wildman–Crippen LogP) is 2.25. The van der Waals surface area contributed by atoms with Gasteiger partial charge in [0.25, 0.3) is 10.0 Å². The first kappa shape index (κ1) is 15.5. The van der Waals surface area contributed by atoms with Gasteiger partial charge in [-0.25, -0.2) is 13.1 Å². The van der Waals surface area contributed by atoms with Gasteiger partial charge in [0.2, 0.25) is 5.09 Å². The molecule has 0 aliphatic heterocycles. The summed E-state index contributed by atoms with van der Waals surface area (Å²) >= 11 is 0. The number of sulfonamides is 1. The van der Waals surface area contributed by atoms with Crippen LogP contribution in [0, 0.1) is 5.92 Å². The van der Waals surface area contributed by atoms with Crippen molar-refractivity contribution in [3.8, 4) is 0 Å². The van der Waals surface area contributed by atoms with Gasteiger partial charge in [0.05, 0.1) is 6.54 Å². The Hall–Kier alpha value is -0.850. The lowest BCUT2D eigenvalue weighted by molar-refractivity contribution is 0.273. The Morgan fingerprint density at radius 3 is 2.65 bits per heavy atom. The van der Waals surface area contributed by atoms with Gasteiger partial charge in [0.1, 0.15) is 5.76 Å². The third-order valence-electron chi connectivity index (χ3n) is 4.13. The molecule has 0 aromatic carbocycles. The Morgan fingerprint density at radius 1 is 1.30 bits per heavy atom. The van der Waals surface area contributed by atoms with Crippen LogP contribution in [0.4, 0.5) is 0 Å². The van der Waals surface area contributed by atoms with E-state index in [-0.39, 0.29) is 5.09 Å². The second kappa shape index (κ2) is 6.74. The Bertz CT molecular complexity index is 518. The first-order valence-electron chi connectivity index (χ1n) is 7.28. The molecule has 1 aliphatic carbocycles. The highest BCUT2D eigenvalue weighted by Crippen LogP contribution is 2.26. The summed E-state index contributed by atoms with van der Waals surface area (Å²) in [5.74, 6) is 1.38. The second-order valence-electron chi connectivity index (χ2n) is 5.50. The van der Waals surface area contributed by atoms with Crippen molar-refractivity contribution in [3.63, 3.8) is 0 Å². The molecule has 1 fully saturated rings. The molecule has 1 atom stereocenters. The molecule has 0 radical (unpaired) electrons. The molecule has 1 aromatic rings.